The van der Waals surface area contributed by atoms with Crippen molar-refractivity contribution in [2.24, 2.45) is 17.3 Å². The molecule has 5 nitrogen and oxygen atoms in total. The van der Waals surface area contributed by atoms with Crippen LogP contribution in [0.15, 0.2) is 24.5 Å². The van der Waals surface area contributed by atoms with Crippen LogP contribution in [0.3, 0.4) is 0 Å². The zero-order chi connectivity index (χ0) is 15.9. The summed E-state index contributed by atoms with van der Waals surface area (Å²) in [5.74, 6) is -1.25. The molecule has 0 aromatic carbocycles. The van der Waals surface area contributed by atoms with Gasteiger partial charge in [0.2, 0.25) is 5.91 Å². The van der Waals surface area contributed by atoms with Gasteiger partial charge in [-0.2, -0.15) is 0 Å². The maximum Gasteiger partial charge on any atom is 0.307 e. The standard InChI is InChI=1S/C17H22N2O3/c1-17(2)13(14(17)16(21)22)15(20)19-9-5-12(6-10-19)11-3-7-18-8-4-11/h3-4,7-8,12-14H,5-6,9-10H2,1-2H3,(H,21,22)/t13-,14+/m1/s1. The van der Waals surface area contributed by atoms with Crippen LogP contribution in [0.4, 0.5) is 0 Å². The summed E-state index contributed by atoms with van der Waals surface area (Å²) in [6.45, 7) is 5.17. The van der Waals surface area contributed by atoms with E-state index < -0.39 is 17.3 Å². The molecule has 3 rings (SSSR count). The summed E-state index contributed by atoms with van der Waals surface area (Å²) in [6, 6.07) is 4.07. The second kappa shape index (κ2) is 5.38. The molecular weight excluding hydrogens is 280 g/mol. The number of amides is 1. The number of carboxylic acid groups (broad SMARTS) is 1. The van der Waals surface area contributed by atoms with Gasteiger partial charge < -0.3 is 10.0 Å². The molecule has 0 bridgehead atoms. The van der Waals surface area contributed by atoms with Crippen LogP contribution in [0.5, 0.6) is 0 Å². The zero-order valence-electron chi connectivity index (χ0n) is 13.0. The third kappa shape index (κ3) is 2.49. The molecule has 118 valence electrons. The average Bonchev–Trinajstić information content (AvgIpc) is 3.10. The third-order valence-electron chi connectivity index (χ3n) is 5.34. The number of carbonyl (C=O) groups excluding carboxylic acids is 1. The van der Waals surface area contributed by atoms with E-state index in [-0.39, 0.29) is 11.8 Å². The predicted molar refractivity (Wildman–Crippen MR) is 81.2 cm³/mol. The van der Waals surface area contributed by atoms with Crippen molar-refractivity contribution in [2.75, 3.05) is 13.1 Å². The fraction of sp³-hybridized carbons (Fsp3) is 0.588. The van der Waals surface area contributed by atoms with Gasteiger partial charge in [0, 0.05) is 25.5 Å². The number of piperidine rings is 1. The third-order valence-corrected chi connectivity index (χ3v) is 5.34. The lowest BCUT2D eigenvalue weighted by atomic mass is 9.90. The number of aromatic nitrogens is 1. The van der Waals surface area contributed by atoms with Crippen LogP contribution in [0, 0.1) is 17.3 Å². The van der Waals surface area contributed by atoms with Crippen molar-refractivity contribution in [3.05, 3.63) is 30.1 Å². The summed E-state index contributed by atoms with van der Waals surface area (Å²) in [7, 11) is 0. The molecule has 1 saturated heterocycles. The van der Waals surface area contributed by atoms with E-state index in [1.54, 1.807) is 12.4 Å². The lowest BCUT2D eigenvalue weighted by molar-refractivity contribution is -0.142. The largest absolute Gasteiger partial charge is 0.481 e. The van der Waals surface area contributed by atoms with Crippen LogP contribution in [-0.2, 0) is 9.59 Å². The molecule has 2 aliphatic rings. The highest BCUT2D eigenvalue weighted by molar-refractivity contribution is 5.91. The predicted octanol–water partition coefficient (Wildman–Crippen LogP) is 2.14. The number of aliphatic carboxylic acids is 1. The highest BCUT2D eigenvalue weighted by atomic mass is 16.4. The van der Waals surface area contributed by atoms with Crippen LogP contribution in [0.25, 0.3) is 0 Å². The quantitative estimate of drug-likeness (QED) is 0.928. The van der Waals surface area contributed by atoms with Crippen molar-refractivity contribution in [3.63, 3.8) is 0 Å². The minimum atomic E-state index is -0.852. The number of likely N-dealkylation sites (tertiary alicyclic amines) is 1. The normalized spacial score (nSPS) is 27.5. The number of pyridine rings is 1. The fourth-order valence-corrected chi connectivity index (χ4v) is 3.83. The number of carboxylic acids is 1. The van der Waals surface area contributed by atoms with Crippen molar-refractivity contribution >= 4 is 11.9 Å². The monoisotopic (exact) mass is 302 g/mol. The molecule has 1 saturated carbocycles. The van der Waals surface area contributed by atoms with Gasteiger partial charge in [0.25, 0.3) is 0 Å². The SMILES string of the molecule is CC1(C)[C@H](C(=O)O)[C@@H]1C(=O)N1CCC(c2ccncc2)CC1. The van der Waals surface area contributed by atoms with Crippen LogP contribution in [0.2, 0.25) is 0 Å². The van der Waals surface area contributed by atoms with E-state index >= 15 is 0 Å². The van der Waals surface area contributed by atoms with Crippen LogP contribution in [-0.4, -0.2) is 40.0 Å². The van der Waals surface area contributed by atoms with Gasteiger partial charge in [-0.1, -0.05) is 13.8 Å². The van der Waals surface area contributed by atoms with Crippen molar-refractivity contribution in [1.82, 2.24) is 9.88 Å². The Balaban J connectivity index is 1.60. The van der Waals surface area contributed by atoms with Gasteiger partial charge in [-0.3, -0.25) is 14.6 Å². The lowest BCUT2D eigenvalue weighted by Crippen LogP contribution is -2.39. The number of carbonyl (C=O) groups is 2. The van der Waals surface area contributed by atoms with E-state index in [0.29, 0.717) is 19.0 Å². The topological polar surface area (TPSA) is 70.5 Å². The van der Waals surface area contributed by atoms with Crippen LogP contribution >= 0.6 is 0 Å². The van der Waals surface area contributed by atoms with E-state index in [1.165, 1.54) is 5.56 Å². The molecule has 1 aliphatic heterocycles. The molecule has 5 heteroatoms. The second-order valence-electron chi connectivity index (χ2n) is 7.00. The summed E-state index contributed by atoms with van der Waals surface area (Å²) in [5, 5.41) is 9.22. The fourth-order valence-electron chi connectivity index (χ4n) is 3.83. The van der Waals surface area contributed by atoms with E-state index in [4.69, 9.17) is 0 Å². The van der Waals surface area contributed by atoms with Crippen molar-refractivity contribution in [2.45, 2.75) is 32.6 Å². The van der Waals surface area contributed by atoms with Gasteiger partial charge in [0.1, 0.15) is 0 Å². The molecule has 1 amide bonds. The van der Waals surface area contributed by atoms with Gasteiger partial charge in [0.15, 0.2) is 0 Å². The number of rotatable bonds is 3. The number of nitrogens with zero attached hydrogens (tertiary/aromatic N) is 2. The zero-order valence-corrected chi connectivity index (χ0v) is 13.0. The first-order valence-corrected chi connectivity index (χ1v) is 7.84. The first kappa shape index (κ1) is 15.0. The molecule has 0 unspecified atom stereocenters. The highest BCUT2D eigenvalue weighted by Gasteiger charge is 2.66. The summed E-state index contributed by atoms with van der Waals surface area (Å²) >= 11 is 0. The smallest absolute Gasteiger partial charge is 0.307 e. The molecule has 22 heavy (non-hydrogen) atoms. The maximum atomic E-state index is 12.6. The van der Waals surface area contributed by atoms with Crippen molar-refractivity contribution < 1.29 is 14.7 Å². The van der Waals surface area contributed by atoms with E-state index in [0.717, 1.165) is 12.8 Å². The van der Waals surface area contributed by atoms with E-state index in [1.807, 2.05) is 30.9 Å². The Bertz CT molecular complexity index is 577. The molecule has 2 atom stereocenters. The molecule has 1 N–H and O–H groups in total. The Morgan fingerprint density at radius 3 is 2.27 bits per heavy atom. The highest BCUT2D eigenvalue weighted by Crippen LogP contribution is 2.59. The van der Waals surface area contributed by atoms with Gasteiger partial charge in [-0.05, 0) is 41.9 Å². The van der Waals surface area contributed by atoms with Gasteiger partial charge in [-0.15, -0.1) is 0 Å². The lowest BCUT2D eigenvalue weighted by Gasteiger charge is -2.32. The maximum absolute atomic E-state index is 12.6. The molecular formula is C17H22N2O3. The van der Waals surface area contributed by atoms with Crippen molar-refractivity contribution in [3.8, 4) is 0 Å². The van der Waals surface area contributed by atoms with E-state index in [9.17, 15) is 14.7 Å². The Labute approximate surface area is 130 Å². The van der Waals surface area contributed by atoms with Crippen molar-refractivity contribution in [1.29, 1.82) is 0 Å². The number of hydrogen-bond acceptors (Lipinski definition) is 3. The summed E-state index contributed by atoms with van der Waals surface area (Å²) in [5.41, 5.74) is 0.863. The Kier molecular flexibility index (Phi) is 3.67. The molecule has 0 spiro atoms. The number of hydrogen-bond donors (Lipinski definition) is 1. The Hall–Kier alpha value is -1.91. The van der Waals surface area contributed by atoms with Gasteiger partial charge in [0.05, 0.1) is 11.8 Å². The van der Waals surface area contributed by atoms with Crippen LogP contribution in [0.1, 0.15) is 38.2 Å². The summed E-state index contributed by atoms with van der Waals surface area (Å²) < 4.78 is 0. The molecule has 1 aromatic heterocycles. The van der Waals surface area contributed by atoms with E-state index in [2.05, 4.69) is 4.98 Å². The van der Waals surface area contributed by atoms with Crippen LogP contribution < -0.4 is 0 Å². The minimum Gasteiger partial charge on any atom is -0.481 e. The second-order valence-corrected chi connectivity index (χ2v) is 7.00. The molecule has 2 fully saturated rings. The minimum absolute atomic E-state index is 0.0191. The summed E-state index contributed by atoms with van der Waals surface area (Å²) in [6.07, 6.45) is 5.47. The molecule has 2 heterocycles. The Morgan fingerprint density at radius 1 is 1.18 bits per heavy atom. The van der Waals surface area contributed by atoms with Gasteiger partial charge in [-0.25, -0.2) is 0 Å². The molecule has 1 aromatic rings. The van der Waals surface area contributed by atoms with Gasteiger partial charge >= 0.3 is 5.97 Å². The average molecular weight is 302 g/mol. The summed E-state index contributed by atoms with van der Waals surface area (Å²) in [4.78, 5) is 29.7. The molecule has 0 radical (unpaired) electrons. The first-order chi connectivity index (χ1) is 10.4. The molecule has 1 aliphatic carbocycles. The first-order valence-electron chi connectivity index (χ1n) is 7.84. The Morgan fingerprint density at radius 2 is 1.77 bits per heavy atom.